The predicted octanol–water partition coefficient (Wildman–Crippen LogP) is 3.99. The van der Waals surface area contributed by atoms with Crippen molar-refractivity contribution in [2.45, 2.75) is 20.4 Å². The Bertz CT molecular complexity index is 1160. The molecule has 0 saturated heterocycles. The molecule has 4 aromatic rings. The highest BCUT2D eigenvalue weighted by Crippen LogP contribution is 2.24. The van der Waals surface area contributed by atoms with Crippen LogP contribution in [-0.2, 0) is 6.54 Å². The van der Waals surface area contributed by atoms with Crippen molar-refractivity contribution in [3.8, 4) is 5.69 Å². The molecule has 2 aromatic heterocycles. The number of halogens is 1. The first kappa shape index (κ1) is 16.3. The van der Waals surface area contributed by atoms with Gasteiger partial charge in [-0.3, -0.25) is 9.36 Å². The van der Waals surface area contributed by atoms with E-state index < -0.39 is 0 Å². The monoisotopic (exact) mass is 347 g/mol. The summed E-state index contributed by atoms with van der Waals surface area (Å²) in [6.45, 7) is 3.98. The summed E-state index contributed by atoms with van der Waals surface area (Å²) in [6, 6.07) is 17.8. The maximum atomic E-state index is 14.2. The van der Waals surface area contributed by atoms with Crippen LogP contribution in [0.2, 0.25) is 0 Å². The van der Waals surface area contributed by atoms with Gasteiger partial charge in [0.1, 0.15) is 11.5 Å². The topological polar surface area (TPSA) is 39.8 Å². The maximum Gasteiger partial charge on any atom is 0.252 e. The van der Waals surface area contributed by atoms with Gasteiger partial charge in [0.05, 0.1) is 17.9 Å². The van der Waals surface area contributed by atoms with Crippen molar-refractivity contribution < 1.29 is 4.39 Å². The summed E-state index contributed by atoms with van der Waals surface area (Å²) < 4.78 is 17.5. The zero-order valence-corrected chi connectivity index (χ0v) is 14.6. The van der Waals surface area contributed by atoms with Gasteiger partial charge in [-0.15, -0.1) is 0 Å². The van der Waals surface area contributed by atoms with Crippen molar-refractivity contribution in [1.29, 1.82) is 0 Å². The summed E-state index contributed by atoms with van der Waals surface area (Å²) >= 11 is 0. The van der Waals surface area contributed by atoms with Crippen LogP contribution in [0.5, 0.6) is 0 Å². The highest BCUT2D eigenvalue weighted by Gasteiger charge is 2.17. The fourth-order valence-corrected chi connectivity index (χ4v) is 3.36. The van der Waals surface area contributed by atoms with Crippen LogP contribution in [0.25, 0.3) is 16.7 Å². The van der Waals surface area contributed by atoms with Gasteiger partial charge in [-0.25, -0.2) is 9.07 Å². The first-order valence-electron chi connectivity index (χ1n) is 8.45. The number of nitrogens with zero attached hydrogens (tertiary/aromatic N) is 3. The fraction of sp³-hybridized carbons (Fsp3) is 0.143. The Labute approximate surface area is 150 Å². The van der Waals surface area contributed by atoms with Crippen LogP contribution in [0.15, 0.2) is 65.5 Å². The second-order valence-electron chi connectivity index (χ2n) is 6.37. The van der Waals surface area contributed by atoms with Gasteiger partial charge in [0, 0.05) is 17.0 Å². The highest BCUT2D eigenvalue weighted by atomic mass is 19.1. The zero-order chi connectivity index (χ0) is 18.3. The summed E-state index contributed by atoms with van der Waals surface area (Å²) in [7, 11) is 0. The Morgan fingerprint density at radius 2 is 1.69 bits per heavy atom. The lowest BCUT2D eigenvalue weighted by Crippen LogP contribution is -2.23. The minimum atomic E-state index is -0.323. The molecule has 130 valence electrons. The average Bonchev–Trinajstić information content (AvgIpc) is 2.98. The first-order chi connectivity index (χ1) is 12.6. The number of rotatable bonds is 3. The van der Waals surface area contributed by atoms with Crippen LogP contribution in [0.3, 0.4) is 0 Å². The zero-order valence-electron chi connectivity index (χ0n) is 14.6. The molecule has 0 radical (unpaired) electrons. The molecule has 0 aliphatic carbocycles. The van der Waals surface area contributed by atoms with E-state index in [4.69, 9.17) is 0 Å². The van der Waals surface area contributed by atoms with Gasteiger partial charge in [-0.05, 0) is 37.6 Å². The summed E-state index contributed by atoms with van der Waals surface area (Å²) in [6.07, 6.45) is 0. The normalized spacial score (nSPS) is 11.2. The lowest BCUT2D eigenvalue weighted by molar-refractivity contribution is 0.597. The van der Waals surface area contributed by atoms with Gasteiger partial charge < -0.3 is 0 Å². The molecule has 26 heavy (non-hydrogen) atoms. The molecule has 2 aromatic carbocycles. The molecular formula is C21H18FN3O. The molecule has 0 fully saturated rings. The first-order valence-corrected chi connectivity index (χ1v) is 8.45. The minimum Gasteiger partial charge on any atom is -0.288 e. The number of pyridine rings is 1. The smallest absolute Gasteiger partial charge is 0.252 e. The molecule has 5 heteroatoms. The summed E-state index contributed by atoms with van der Waals surface area (Å²) in [4.78, 5) is 12.8. The van der Waals surface area contributed by atoms with Gasteiger partial charge in [-0.1, -0.05) is 36.4 Å². The van der Waals surface area contributed by atoms with E-state index in [9.17, 15) is 9.18 Å². The molecule has 4 nitrogen and oxygen atoms in total. The fourth-order valence-electron chi connectivity index (χ4n) is 3.36. The molecule has 0 saturated carbocycles. The van der Waals surface area contributed by atoms with E-state index in [1.807, 2.05) is 44.2 Å². The second kappa shape index (κ2) is 6.26. The minimum absolute atomic E-state index is 0.153. The lowest BCUT2D eigenvalue weighted by Gasteiger charge is -2.13. The molecule has 0 spiro atoms. The van der Waals surface area contributed by atoms with Crippen LogP contribution in [0, 0.1) is 19.7 Å². The highest BCUT2D eigenvalue weighted by molar-refractivity contribution is 5.83. The van der Waals surface area contributed by atoms with Crippen molar-refractivity contribution in [1.82, 2.24) is 14.3 Å². The Kier molecular flexibility index (Phi) is 3.92. The van der Waals surface area contributed by atoms with E-state index >= 15 is 0 Å². The molecule has 4 rings (SSSR count). The molecule has 0 N–H and O–H groups in total. The maximum absolute atomic E-state index is 14.2. The van der Waals surface area contributed by atoms with Crippen molar-refractivity contribution >= 4 is 11.0 Å². The number of aromatic nitrogens is 3. The summed E-state index contributed by atoms with van der Waals surface area (Å²) in [5, 5.41) is 5.57. The van der Waals surface area contributed by atoms with Crippen molar-refractivity contribution in [2.75, 3.05) is 0 Å². The van der Waals surface area contributed by atoms with Gasteiger partial charge >= 0.3 is 0 Å². The third kappa shape index (κ3) is 2.62. The van der Waals surface area contributed by atoms with Gasteiger partial charge in [-0.2, -0.15) is 5.10 Å². The largest absolute Gasteiger partial charge is 0.288 e. The van der Waals surface area contributed by atoms with Crippen LogP contribution >= 0.6 is 0 Å². The third-order valence-corrected chi connectivity index (χ3v) is 4.58. The number of aryl methyl sites for hydroxylation is 2. The number of benzene rings is 2. The SMILES string of the molecule is Cc1cc(=O)n(Cc2ccccc2F)c2c1c(C)nn2-c1ccccc1. The Morgan fingerprint density at radius 1 is 1.00 bits per heavy atom. The van der Waals surface area contributed by atoms with E-state index in [0.717, 1.165) is 22.3 Å². The predicted molar refractivity (Wildman–Crippen MR) is 100 cm³/mol. The third-order valence-electron chi connectivity index (χ3n) is 4.58. The molecule has 0 bridgehead atoms. The quantitative estimate of drug-likeness (QED) is 0.562. The second-order valence-corrected chi connectivity index (χ2v) is 6.37. The molecule has 0 atom stereocenters. The number of hydrogen-bond acceptors (Lipinski definition) is 2. The molecular weight excluding hydrogens is 329 g/mol. The molecule has 0 unspecified atom stereocenters. The van der Waals surface area contributed by atoms with Crippen LogP contribution < -0.4 is 5.56 Å². The molecule has 0 aliphatic rings. The van der Waals surface area contributed by atoms with E-state index in [1.54, 1.807) is 33.5 Å². The summed E-state index contributed by atoms with van der Waals surface area (Å²) in [5.74, 6) is -0.323. The number of fused-ring (bicyclic) bond motifs is 1. The van der Waals surface area contributed by atoms with E-state index in [1.165, 1.54) is 6.07 Å². The van der Waals surface area contributed by atoms with E-state index in [2.05, 4.69) is 5.10 Å². The molecule has 2 heterocycles. The van der Waals surface area contributed by atoms with Crippen LogP contribution in [-0.4, -0.2) is 14.3 Å². The molecule has 0 aliphatic heterocycles. The van der Waals surface area contributed by atoms with Gasteiger partial charge in [0.2, 0.25) is 0 Å². The van der Waals surface area contributed by atoms with E-state index in [-0.39, 0.29) is 17.9 Å². The Balaban J connectivity index is 2.04. The van der Waals surface area contributed by atoms with Crippen molar-refractivity contribution in [3.63, 3.8) is 0 Å². The average molecular weight is 347 g/mol. The summed E-state index contributed by atoms with van der Waals surface area (Å²) in [5.41, 5.74) is 3.55. The van der Waals surface area contributed by atoms with Crippen molar-refractivity contribution in [3.05, 3.63) is 93.7 Å². The van der Waals surface area contributed by atoms with Crippen LogP contribution in [0.4, 0.5) is 4.39 Å². The Hall–Kier alpha value is -3.21. The lowest BCUT2D eigenvalue weighted by atomic mass is 10.1. The van der Waals surface area contributed by atoms with Gasteiger partial charge in [0.25, 0.3) is 5.56 Å². The molecule has 0 amide bonds. The number of hydrogen-bond donors (Lipinski definition) is 0. The Morgan fingerprint density at radius 3 is 2.42 bits per heavy atom. The number of para-hydroxylation sites is 1. The van der Waals surface area contributed by atoms with Crippen molar-refractivity contribution in [2.24, 2.45) is 0 Å². The standard InChI is InChI=1S/C21H18FN3O/c1-14-12-19(26)24(13-16-8-6-7-11-18(16)22)21-20(14)15(2)23-25(21)17-9-4-3-5-10-17/h3-12H,13H2,1-2H3. The van der Waals surface area contributed by atoms with Gasteiger partial charge in [0.15, 0.2) is 0 Å². The van der Waals surface area contributed by atoms with Crippen LogP contribution in [0.1, 0.15) is 16.8 Å². The van der Waals surface area contributed by atoms with E-state index in [0.29, 0.717) is 11.2 Å².